The van der Waals surface area contributed by atoms with Crippen LogP contribution in [0.25, 0.3) is 0 Å². The van der Waals surface area contributed by atoms with Crippen LogP contribution in [0.1, 0.15) is 38.3 Å². The minimum atomic E-state index is 0.161. The maximum absolute atomic E-state index is 5.57. The van der Waals surface area contributed by atoms with Gasteiger partial charge >= 0.3 is 0 Å². The summed E-state index contributed by atoms with van der Waals surface area (Å²) in [6, 6.07) is 20.3. The Hall–Kier alpha value is -2.60. The Morgan fingerprint density at radius 2 is 1.74 bits per heavy atom. The standard InChI is InChI=1S/C30H40N4O/c1-30(2,3)25-9-11-26(12-10-25)32-29-21-34(22-33-13-15-35-16-14-33)20-24-18-27(31-19-28(24)29)17-23-7-5-4-6-8-23/h4-12,21,27,31-32H,13-20,22H2,1-3H3. The molecular weight excluding hydrogens is 432 g/mol. The van der Waals surface area contributed by atoms with Gasteiger partial charge in [0.05, 0.1) is 25.6 Å². The van der Waals surface area contributed by atoms with Crippen molar-refractivity contribution in [2.24, 2.45) is 0 Å². The number of anilines is 1. The summed E-state index contributed by atoms with van der Waals surface area (Å²) in [4.78, 5) is 4.99. The molecule has 1 unspecified atom stereocenters. The van der Waals surface area contributed by atoms with Crippen LogP contribution in [0, 0.1) is 0 Å². The van der Waals surface area contributed by atoms with E-state index in [1.807, 2.05) is 0 Å². The second-order valence-corrected chi connectivity index (χ2v) is 11.2. The number of nitrogens with one attached hydrogen (secondary N) is 2. The van der Waals surface area contributed by atoms with E-state index in [0.29, 0.717) is 6.04 Å². The highest BCUT2D eigenvalue weighted by atomic mass is 16.5. The second-order valence-electron chi connectivity index (χ2n) is 11.2. The van der Waals surface area contributed by atoms with Gasteiger partial charge in [-0.05, 0) is 52.7 Å². The lowest BCUT2D eigenvalue weighted by Gasteiger charge is -2.39. The Kier molecular flexibility index (Phi) is 7.28. The molecule has 3 heterocycles. The Morgan fingerprint density at radius 3 is 2.46 bits per heavy atom. The van der Waals surface area contributed by atoms with Crippen molar-refractivity contribution in [2.45, 2.75) is 45.1 Å². The van der Waals surface area contributed by atoms with Gasteiger partial charge in [-0.3, -0.25) is 4.90 Å². The van der Waals surface area contributed by atoms with Crippen LogP contribution in [-0.2, 0) is 16.6 Å². The SMILES string of the molecule is CC(C)(C)c1ccc(NC2=CN(CN3CCOCC3)CC3=C2CNC(Cc2ccccc2)C3)cc1. The van der Waals surface area contributed by atoms with Crippen LogP contribution in [0.15, 0.2) is 77.6 Å². The summed E-state index contributed by atoms with van der Waals surface area (Å²) in [7, 11) is 0. The fraction of sp³-hybridized carbons (Fsp3) is 0.467. The molecule has 186 valence electrons. The summed E-state index contributed by atoms with van der Waals surface area (Å²) in [5, 5.41) is 7.59. The topological polar surface area (TPSA) is 39.8 Å². The lowest BCUT2D eigenvalue weighted by molar-refractivity contribution is 0.0189. The van der Waals surface area contributed by atoms with Crippen molar-refractivity contribution in [1.29, 1.82) is 0 Å². The first-order valence-corrected chi connectivity index (χ1v) is 13.1. The molecule has 0 saturated carbocycles. The first-order chi connectivity index (χ1) is 16.9. The molecule has 0 radical (unpaired) electrons. The molecule has 0 spiro atoms. The molecule has 2 aromatic carbocycles. The van der Waals surface area contributed by atoms with Crippen molar-refractivity contribution in [3.05, 3.63) is 88.8 Å². The van der Waals surface area contributed by atoms with Gasteiger partial charge in [-0.2, -0.15) is 0 Å². The normalized spacial score (nSPS) is 21.5. The molecular formula is C30H40N4O. The fourth-order valence-corrected chi connectivity index (χ4v) is 5.31. The third kappa shape index (κ3) is 6.16. The van der Waals surface area contributed by atoms with Crippen LogP contribution >= 0.6 is 0 Å². The molecule has 1 atom stereocenters. The molecule has 5 rings (SSSR count). The maximum atomic E-state index is 5.57. The van der Waals surface area contributed by atoms with Crippen LogP contribution in [0.4, 0.5) is 5.69 Å². The average Bonchev–Trinajstić information content (AvgIpc) is 2.85. The summed E-state index contributed by atoms with van der Waals surface area (Å²) >= 11 is 0. The monoisotopic (exact) mass is 472 g/mol. The Balaban J connectivity index is 1.35. The van der Waals surface area contributed by atoms with Crippen LogP contribution < -0.4 is 10.6 Å². The van der Waals surface area contributed by atoms with Crippen LogP contribution in [0.5, 0.6) is 0 Å². The molecule has 0 aromatic heterocycles. The number of ether oxygens (including phenoxy) is 1. The molecule has 0 amide bonds. The van der Waals surface area contributed by atoms with Crippen LogP contribution in [0.3, 0.4) is 0 Å². The van der Waals surface area contributed by atoms with Gasteiger partial charge in [-0.25, -0.2) is 0 Å². The highest BCUT2D eigenvalue weighted by Gasteiger charge is 2.28. The lowest BCUT2D eigenvalue weighted by atomic mass is 9.87. The fourth-order valence-electron chi connectivity index (χ4n) is 5.31. The van der Waals surface area contributed by atoms with E-state index >= 15 is 0 Å². The summed E-state index contributed by atoms with van der Waals surface area (Å²) in [6.45, 7) is 13.3. The molecule has 3 aliphatic rings. The van der Waals surface area contributed by atoms with Crippen molar-refractivity contribution < 1.29 is 4.74 Å². The summed E-state index contributed by atoms with van der Waals surface area (Å²) in [6.07, 6.45) is 4.50. The molecule has 2 aromatic rings. The zero-order valence-corrected chi connectivity index (χ0v) is 21.5. The largest absolute Gasteiger partial charge is 0.379 e. The summed E-state index contributed by atoms with van der Waals surface area (Å²) < 4.78 is 5.57. The molecule has 5 nitrogen and oxygen atoms in total. The highest BCUT2D eigenvalue weighted by molar-refractivity contribution is 5.57. The highest BCUT2D eigenvalue weighted by Crippen LogP contribution is 2.31. The zero-order valence-electron chi connectivity index (χ0n) is 21.5. The van der Waals surface area contributed by atoms with Crippen LogP contribution in [0.2, 0.25) is 0 Å². The smallest absolute Gasteiger partial charge is 0.0707 e. The van der Waals surface area contributed by atoms with Gasteiger partial charge in [0.1, 0.15) is 0 Å². The summed E-state index contributed by atoms with van der Waals surface area (Å²) in [5.41, 5.74) is 8.31. The zero-order chi connectivity index (χ0) is 24.3. The van der Waals surface area contributed by atoms with E-state index in [9.17, 15) is 0 Å². The van der Waals surface area contributed by atoms with E-state index in [1.165, 1.54) is 22.4 Å². The van der Waals surface area contributed by atoms with E-state index in [4.69, 9.17) is 4.74 Å². The number of rotatable bonds is 6. The number of nitrogens with zero attached hydrogens (tertiary/aromatic N) is 2. The van der Waals surface area contributed by atoms with Crippen molar-refractivity contribution in [3.63, 3.8) is 0 Å². The third-order valence-corrected chi connectivity index (χ3v) is 7.36. The minimum Gasteiger partial charge on any atom is -0.379 e. The van der Waals surface area contributed by atoms with Crippen molar-refractivity contribution in [3.8, 4) is 0 Å². The first kappa shape index (κ1) is 24.1. The number of hydrogen-bond acceptors (Lipinski definition) is 5. The molecule has 3 aliphatic heterocycles. The van der Waals surface area contributed by atoms with E-state index in [1.54, 1.807) is 5.57 Å². The molecule has 1 fully saturated rings. The maximum Gasteiger partial charge on any atom is 0.0707 e. The van der Waals surface area contributed by atoms with Gasteiger partial charge < -0.3 is 20.3 Å². The molecule has 0 aliphatic carbocycles. The number of hydrogen-bond donors (Lipinski definition) is 2. The second kappa shape index (κ2) is 10.6. The Labute approximate surface area is 210 Å². The van der Waals surface area contributed by atoms with E-state index in [-0.39, 0.29) is 5.41 Å². The summed E-state index contributed by atoms with van der Waals surface area (Å²) in [5.74, 6) is 0. The molecule has 5 heteroatoms. The van der Waals surface area contributed by atoms with Gasteiger partial charge in [0.2, 0.25) is 0 Å². The van der Waals surface area contributed by atoms with E-state index < -0.39 is 0 Å². The molecule has 35 heavy (non-hydrogen) atoms. The number of morpholine rings is 1. The van der Waals surface area contributed by atoms with Gasteiger partial charge in [0, 0.05) is 44.1 Å². The van der Waals surface area contributed by atoms with Gasteiger partial charge in [-0.1, -0.05) is 63.2 Å². The molecule has 1 saturated heterocycles. The predicted molar refractivity (Wildman–Crippen MR) is 144 cm³/mol. The van der Waals surface area contributed by atoms with E-state index in [0.717, 1.165) is 64.6 Å². The van der Waals surface area contributed by atoms with Crippen LogP contribution in [-0.4, -0.2) is 61.9 Å². The van der Waals surface area contributed by atoms with Gasteiger partial charge in [-0.15, -0.1) is 0 Å². The van der Waals surface area contributed by atoms with Crippen molar-refractivity contribution >= 4 is 5.69 Å². The quantitative estimate of drug-likeness (QED) is 0.635. The first-order valence-electron chi connectivity index (χ1n) is 13.1. The predicted octanol–water partition coefficient (Wildman–Crippen LogP) is 4.74. The van der Waals surface area contributed by atoms with Gasteiger partial charge in [0.25, 0.3) is 0 Å². The molecule has 0 bridgehead atoms. The average molecular weight is 473 g/mol. The lowest BCUT2D eigenvalue weighted by Crippen LogP contribution is -2.46. The Bertz CT molecular complexity index is 1050. The molecule has 2 N–H and O–H groups in total. The third-order valence-electron chi connectivity index (χ3n) is 7.36. The van der Waals surface area contributed by atoms with Crippen molar-refractivity contribution in [2.75, 3.05) is 51.4 Å². The van der Waals surface area contributed by atoms with Crippen molar-refractivity contribution in [1.82, 2.24) is 15.1 Å². The minimum absolute atomic E-state index is 0.161. The van der Waals surface area contributed by atoms with Gasteiger partial charge in [0.15, 0.2) is 0 Å². The Morgan fingerprint density at radius 1 is 1.00 bits per heavy atom. The van der Waals surface area contributed by atoms with E-state index in [2.05, 4.69) is 102 Å². The number of benzene rings is 2.